The largest absolute Gasteiger partial charge is 0.460 e. The minimum absolute atomic E-state index is 0.0178. The van der Waals surface area contributed by atoms with Crippen LogP contribution in [0.25, 0.3) is 0 Å². The van der Waals surface area contributed by atoms with E-state index >= 15 is 0 Å². The monoisotopic (exact) mass is 313 g/mol. The third-order valence-electron chi connectivity index (χ3n) is 2.71. The summed E-state index contributed by atoms with van der Waals surface area (Å²) in [6.07, 6.45) is 0.729. The number of nitro groups is 1. The van der Waals surface area contributed by atoms with Gasteiger partial charge >= 0.3 is 11.5 Å². The van der Waals surface area contributed by atoms with Crippen LogP contribution in [0.15, 0.2) is 46.7 Å². The van der Waals surface area contributed by atoms with Crippen molar-refractivity contribution in [1.82, 2.24) is 0 Å². The topological polar surface area (TPSA) is 104 Å². The molecule has 8 heteroatoms. The molecule has 1 atom stereocenters. The lowest BCUT2D eigenvalue weighted by Gasteiger charge is -2.14. The average Bonchev–Trinajstić information content (AvgIpc) is 2.45. The first-order valence-corrected chi connectivity index (χ1v) is 7.59. The summed E-state index contributed by atoms with van der Waals surface area (Å²) in [5.74, 6) is -1.12. The number of hydrogen-bond donors (Lipinski definition) is 0. The van der Waals surface area contributed by atoms with E-state index in [1.54, 1.807) is 6.07 Å². The quantitative estimate of drug-likeness (QED) is 0.448. The van der Waals surface area contributed by atoms with Crippen molar-refractivity contribution in [3.63, 3.8) is 0 Å². The Morgan fingerprint density at radius 3 is 2.43 bits per heavy atom. The van der Waals surface area contributed by atoms with Crippen LogP contribution in [0.5, 0.6) is 0 Å². The van der Waals surface area contributed by atoms with Gasteiger partial charge in [-0.2, -0.15) is 0 Å². The molecule has 1 rings (SSSR count). The first-order chi connectivity index (χ1) is 9.74. The second-order valence-corrected chi connectivity index (χ2v) is 6.12. The van der Waals surface area contributed by atoms with Crippen LogP contribution >= 0.6 is 0 Å². The molecule has 0 heterocycles. The van der Waals surface area contributed by atoms with E-state index in [0.29, 0.717) is 5.41 Å². The number of nitrogens with zero attached hydrogens (tertiary/aromatic N) is 1. The number of rotatable bonds is 6. The molecule has 0 amide bonds. The van der Waals surface area contributed by atoms with Gasteiger partial charge in [-0.1, -0.05) is 18.2 Å². The molecule has 0 aromatic heterocycles. The zero-order valence-electron chi connectivity index (χ0n) is 11.6. The predicted octanol–water partition coefficient (Wildman–Crippen LogP) is 1.57. The summed E-state index contributed by atoms with van der Waals surface area (Å²) in [7, 11) is -3.87. The van der Waals surface area contributed by atoms with E-state index in [1.165, 1.54) is 31.2 Å². The molecule has 0 radical (unpaired) electrons. The van der Waals surface area contributed by atoms with Crippen molar-refractivity contribution in [3.8, 4) is 0 Å². The number of esters is 1. The lowest BCUT2D eigenvalue weighted by Crippen LogP contribution is -2.43. The minimum atomic E-state index is -3.87. The number of hydrogen-bond acceptors (Lipinski definition) is 6. The van der Waals surface area contributed by atoms with Gasteiger partial charge in [0.05, 0.1) is 11.5 Å². The van der Waals surface area contributed by atoms with Crippen LogP contribution in [-0.4, -0.2) is 31.5 Å². The van der Waals surface area contributed by atoms with Crippen LogP contribution in [0.1, 0.15) is 13.8 Å². The Morgan fingerprint density at radius 1 is 1.38 bits per heavy atom. The molecule has 114 valence electrons. The molecule has 0 spiro atoms. The van der Waals surface area contributed by atoms with Crippen molar-refractivity contribution in [2.45, 2.75) is 24.3 Å². The van der Waals surface area contributed by atoms with Gasteiger partial charge in [0, 0.05) is 23.3 Å². The molecule has 0 aliphatic heterocycles. The van der Waals surface area contributed by atoms with Crippen LogP contribution in [0.4, 0.5) is 0 Å². The van der Waals surface area contributed by atoms with Gasteiger partial charge in [0.25, 0.3) is 0 Å². The zero-order chi connectivity index (χ0) is 16.1. The maximum Gasteiger partial charge on any atom is 0.388 e. The molecule has 7 nitrogen and oxygen atoms in total. The van der Waals surface area contributed by atoms with Gasteiger partial charge in [0.1, 0.15) is 0 Å². The maximum absolute atomic E-state index is 12.0. The van der Waals surface area contributed by atoms with Crippen molar-refractivity contribution in [3.05, 3.63) is 51.9 Å². The highest BCUT2D eigenvalue weighted by molar-refractivity contribution is 7.94. The molecule has 1 aromatic carbocycles. The van der Waals surface area contributed by atoms with E-state index in [2.05, 4.69) is 4.74 Å². The third-order valence-corrected chi connectivity index (χ3v) is 4.14. The average molecular weight is 313 g/mol. The van der Waals surface area contributed by atoms with Gasteiger partial charge in [-0.25, -0.2) is 13.2 Å². The molecule has 0 bridgehead atoms. The summed E-state index contributed by atoms with van der Waals surface area (Å²) in [4.78, 5) is 21.8. The Morgan fingerprint density at radius 2 is 1.95 bits per heavy atom. The summed E-state index contributed by atoms with van der Waals surface area (Å²) in [5.41, 5.74) is -2.25. The number of carbonyl (C=O) groups is 1. The highest BCUT2D eigenvalue weighted by atomic mass is 32.2. The molecule has 21 heavy (non-hydrogen) atoms. The lowest BCUT2D eigenvalue weighted by molar-refractivity contribution is -0.536. The van der Waals surface area contributed by atoms with Gasteiger partial charge in [-0.05, 0) is 19.1 Å². The van der Waals surface area contributed by atoms with E-state index in [0.717, 1.165) is 13.0 Å². The van der Waals surface area contributed by atoms with Gasteiger partial charge < -0.3 is 4.74 Å². The Hall–Kier alpha value is -2.22. The van der Waals surface area contributed by atoms with Crippen LogP contribution in [-0.2, 0) is 19.4 Å². The molecule has 0 N–H and O–H groups in total. The molecular formula is C13H15NO6S. The van der Waals surface area contributed by atoms with E-state index in [9.17, 15) is 23.3 Å². The molecule has 0 fully saturated rings. The first kappa shape index (κ1) is 16.8. The maximum atomic E-state index is 12.0. The Bertz CT molecular complexity index is 652. The van der Waals surface area contributed by atoms with Gasteiger partial charge in [0.2, 0.25) is 0 Å². The van der Waals surface area contributed by atoms with Crippen molar-refractivity contribution in [1.29, 1.82) is 0 Å². The Kier molecular flexibility index (Phi) is 5.20. The second kappa shape index (κ2) is 6.49. The summed E-state index contributed by atoms with van der Waals surface area (Å²) >= 11 is 0. The second-order valence-electron chi connectivity index (χ2n) is 4.29. The molecular weight excluding hydrogens is 298 g/mol. The van der Waals surface area contributed by atoms with Gasteiger partial charge in [-0.15, -0.1) is 0 Å². The number of ether oxygens (including phenoxy) is 1. The SMILES string of the molecule is CCOC(=O)C(C)(/C=C/S(=O)(=O)c1ccccc1)[N+](=O)[O-]. The fraction of sp³-hybridized carbons (Fsp3) is 0.308. The normalized spacial score (nSPS) is 14.6. The lowest BCUT2D eigenvalue weighted by atomic mass is 10.1. The smallest absolute Gasteiger partial charge is 0.388 e. The third kappa shape index (κ3) is 3.88. The zero-order valence-corrected chi connectivity index (χ0v) is 12.4. The number of benzene rings is 1. The molecule has 1 aromatic rings. The van der Waals surface area contributed by atoms with E-state index in [-0.39, 0.29) is 11.5 Å². The van der Waals surface area contributed by atoms with Crippen molar-refractivity contribution >= 4 is 15.8 Å². The van der Waals surface area contributed by atoms with Gasteiger partial charge in [-0.3, -0.25) is 10.1 Å². The number of sulfone groups is 1. The van der Waals surface area contributed by atoms with Crippen molar-refractivity contribution in [2.24, 2.45) is 0 Å². The van der Waals surface area contributed by atoms with Crippen molar-refractivity contribution in [2.75, 3.05) is 6.61 Å². The first-order valence-electron chi connectivity index (χ1n) is 6.05. The fourth-order valence-electron chi connectivity index (χ4n) is 1.39. The van der Waals surface area contributed by atoms with Crippen molar-refractivity contribution < 1.29 is 22.9 Å². The predicted molar refractivity (Wildman–Crippen MR) is 74.8 cm³/mol. The highest BCUT2D eigenvalue weighted by Gasteiger charge is 2.45. The highest BCUT2D eigenvalue weighted by Crippen LogP contribution is 2.18. The summed E-state index contributed by atoms with van der Waals surface area (Å²) in [6.45, 7) is 2.45. The van der Waals surface area contributed by atoms with Crippen LogP contribution in [0.2, 0.25) is 0 Å². The van der Waals surface area contributed by atoms with E-state index in [4.69, 9.17) is 0 Å². The minimum Gasteiger partial charge on any atom is -0.460 e. The van der Waals surface area contributed by atoms with Crippen LogP contribution in [0.3, 0.4) is 0 Å². The Labute approximate surface area is 122 Å². The molecule has 0 aliphatic rings. The van der Waals surface area contributed by atoms with E-state index in [1.807, 2.05) is 0 Å². The van der Waals surface area contributed by atoms with E-state index < -0.39 is 26.3 Å². The number of carbonyl (C=O) groups excluding carboxylic acids is 1. The standard InChI is InChI=1S/C13H15NO6S/c1-3-20-12(15)13(2,14(16)17)9-10-21(18,19)11-7-5-4-6-8-11/h4-10H,3H2,1-2H3/b10-9+. The fourth-order valence-corrected chi connectivity index (χ4v) is 2.53. The molecule has 0 saturated carbocycles. The summed E-state index contributed by atoms with van der Waals surface area (Å²) in [5, 5.41) is 11.7. The molecule has 0 saturated heterocycles. The van der Waals surface area contributed by atoms with Crippen LogP contribution in [0, 0.1) is 10.1 Å². The Balaban J connectivity index is 3.15. The molecule has 0 aliphatic carbocycles. The van der Waals surface area contributed by atoms with Gasteiger partial charge in [0.15, 0.2) is 9.84 Å². The summed E-state index contributed by atoms with van der Waals surface area (Å²) < 4.78 is 28.7. The summed E-state index contributed by atoms with van der Waals surface area (Å²) in [6, 6.07) is 7.40. The van der Waals surface area contributed by atoms with Crippen LogP contribution < -0.4 is 0 Å². The molecule has 1 unspecified atom stereocenters.